The van der Waals surface area contributed by atoms with E-state index in [1.165, 1.54) is 12.1 Å². The Morgan fingerprint density at radius 3 is 2.24 bits per heavy atom. The number of anilines is 2. The zero-order chi connectivity index (χ0) is 12.6. The second kappa shape index (κ2) is 4.27. The molecule has 1 heterocycles. The molecular weight excluding hydrogens is 267 g/mol. The fourth-order valence-electron chi connectivity index (χ4n) is 1.37. The van der Waals surface area contributed by atoms with E-state index < -0.39 is 11.9 Å². The molecule has 1 amide bonds. The van der Waals surface area contributed by atoms with Gasteiger partial charge in [-0.25, -0.2) is 4.79 Å². The van der Waals surface area contributed by atoms with Gasteiger partial charge >= 0.3 is 5.97 Å². The summed E-state index contributed by atoms with van der Waals surface area (Å²) in [5.41, 5.74) is 0.877. The lowest BCUT2D eigenvalue weighted by Gasteiger charge is -2.21. The molecule has 0 aliphatic carbocycles. The Hall–Kier alpha value is -1.72. The molecule has 0 saturated heterocycles. The maximum atomic E-state index is 11.5. The van der Waals surface area contributed by atoms with Crippen LogP contribution < -0.4 is 10.6 Å². The summed E-state index contributed by atoms with van der Waals surface area (Å²) in [6.07, 6.45) is 0.779. The molecule has 0 aromatic heterocycles. The van der Waals surface area contributed by atoms with Gasteiger partial charge in [-0.1, -0.05) is 23.2 Å². The number of aliphatic carboxylic acids is 1. The molecule has 1 aromatic carbocycles. The number of rotatable bonds is 1. The SMILES string of the molecule is O=C(O)/C=C1\Nc2cc(Cl)c(Cl)cc2NC1=O. The van der Waals surface area contributed by atoms with Crippen LogP contribution in [0.2, 0.25) is 10.0 Å². The van der Waals surface area contributed by atoms with E-state index in [2.05, 4.69) is 10.6 Å². The van der Waals surface area contributed by atoms with E-state index in [-0.39, 0.29) is 5.70 Å². The number of carbonyl (C=O) groups excluding carboxylic acids is 1. The standard InChI is InChI=1S/C10H6Cl2N2O3/c11-4-1-6-7(2-5(4)12)14-10(17)8(13-6)3-9(15)16/h1-3,13H,(H,14,17)(H,15,16)/b8-3-. The van der Waals surface area contributed by atoms with E-state index in [0.717, 1.165) is 6.08 Å². The van der Waals surface area contributed by atoms with E-state index in [1.807, 2.05) is 0 Å². The number of amides is 1. The van der Waals surface area contributed by atoms with Gasteiger partial charge in [0.25, 0.3) is 5.91 Å². The summed E-state index contributed by atoms with van der Waals surface area (Å²) in [6, 6.07) is 3.00. The van der Waals surface area contributed by atoms with Crippen molar-refractivity contribution in [2.24, 2.45) is 0 Å². The molecule has 0 radical (unpaired) electrons. The van der Waals surface area contributed by atoms with Crippen molar-refractivity contribution in [1.29, 1.82) is 0 Å². The van der Waals surface area contributed by atoms with Gasteiger partial charge in [0.15, 0.2) is 0 Å². The van der Waals surface area contributed by atoms with E-state index in [4.69, 9.17) is 28.3 Å². The van der Waals surface area contributed by atoms with Crippen LogP contribution in [0.4, 0.5) is 11.4 Å². The van der Waals surface area contributed by atoms with E-state index >= 15 is 0 Å². The van der Waals surface area contributed by atoms with Gasteiger partial charge < -0.3 is 15.7 Å². The molecule has 17 heavy (non-hydrogen) atoms. The first kappa shape index (κ1) is 11.8. The Morgan fingerprint density at radius 2 is 1.71 bits per heavy atom. The molecule has 1 aromatic rings. The normalized spacial score (nSPS) is 16.1. The largest absolute Gasteiger partial charge is 0.478 e. The van der Waals surface area contributed by atoms with Crippen LogP contribution in [0.15, 0.2) is 23.9 Å². The molecule has 7 heteroatoms. The van der Waals surface area contributed by atoms with Gasteiger partial charge in [0.2, 0.25) is 0 Å². The zero-order valence-electron chi connectivity index (χ0n) is 8.25. The summed E-state index contributed by atoms with van der Waals surface area (Å²) in [5, 5.41) is 14.4. The highest BCUT2D eigenvalue weighted by Crippen LogP contribution is 2.35. The summed E-state index contributed by atoms with van der Waals surface area (Å²) in [5.74, 6) is -1.76. The third kappa shape index (κ3) is 2.35. The van der Waals surface area contributed by atoms with Gasteiger partial charge in [-0.15, -0.1) is 0 Å². The summed E-state index contributed by atoms with van der Waals surface area (Å²) in [4.78, 5) is 22.0. The van der Waals surface area contributed by atoms with Crippen LogP contribution in [0, 0.1) is 0 Å². The molecule has 1 aliphatic heterocycles. The Labute approximate surface area is 106 Å². The number of hydrogen-bond acceptors (Lipinski definition) is 3. The Bertz CT molecular complexity index is 555. The molecule has 0 spiro atoms. The zero-order valence-corrected chi connectivity index (χ0v) is 9.76. The van der Waals surface area contributed by atoms with Crippen LogP contribution in [0.1, 0.15) is 0 Å². The van der Waals surface area contributed by atoms with Crippen LogP contribution in [-0.4, -0.2) is 17.0 Å². The highest BCUT2D eigenvalue weighted by molar-refractivity contribution is 6.42. The van der Waals surface area contributed by atoms with Gasteiger partial charge in [0, 0.05) is 0 Å². The average molecular weight is 273 g/mol. The number of halogens is 2. The number of fused-ring (bicyclic) bond motifs is 1. The van der Waals surface area contributed by atoms with Crippen molar-refractivity contribution >= 4 is 46.5 Å². The minimum Gasteiger partial charge on any atom is -0.478 e. The number of nitrogens with one attached hydrogen (secondary N) is 2. The molecule has 0 bridgehead atoms. The van der Waals surface area contributed by atoms with E-state index in [9.17, 15) is 9.59 Å². The second-order valence-electron chi connectivity index (χ2n) is 3.29. The van der Waals surface area contributed by atoms with Crippen LogP contribution in [-0.2, 0) is 9.59 Å². The topological polar surface area (TPSA) is 78.4 Å². The predicted octanol–water partition coefficient (Wildman–Crippen LogP) is 2.33. The molecule has 0 atom stereocenters. The first-order valence-electron chi connectivity index (χ1n) is 4.49. The number of carboxylic acids is 1. The van der Waals surface area contributed by atoms with E-state index in [1.54, 1.807) is 0 Å². The molecule has 5 nitrogen and oxygen atoms in total. The molecule has 0 fully saturated rings. The summed E-state index contributed by atoms with van der Waals surface area (Å²) in [6.45, 7) is 0. The molecular formula is C10H6Cl2N2O3. The molecule has 0 unspecified atom stereocenters. The molecule has 2 rings (SSSR count). The number of benzene rings is 1. The van der Waals surface area contributed by atoms with Crippen LogP contribution in [0.25, 0.3) is 0 Å². The lowest BCUT2D eigenvalue weighted by Crippen LogP contribution is -2.26. The fourth-order valence-corrected chi connectivity index (χ4v) is 1.70. The fraction of sp³-hybridized carbons (Fsp3) is 0. The first-order valence-corrected chi connectivity index (χ1v) is 5.25. The summed E-state index contributed by atoms with van der Waals surface area (Å²) >= 11 is 11.6. The van der Waals surface area contributed by atoms with Gasteiger partial charge in [0.05, 0.1) is 27.5 Å². The van der Waals surface area contributed by atoms with Crippen molar-refractivity contribution in [3.8, 4) is 0 Å². The monoisotopic (exact) mass is 272 g/mol. The molecule has 3 N–H and O–H groups in total. The highest BCUT2D eigenvalue weighted by Gasteiger charge is 2.21. The highest BCUT2D eigenvalue weighted by atomic mass is 35.5. The second-order valence-corrected chi connectivity index (χ2v) is 4.10. The third-order valence-corrected chi connectivity index (χ3v) is 2.81. The van der Waals surface area contributed by atoms with Crippen molar-refractivity contribution in [3.05, 3.63) is 34.0 Å². The average Bonchev–Trinajstić information content (AvgIpc) is 2.22. The molecule has 88 valence electrons. The lowest BCUT2D eigenvalue weighted by atomic mass is 10.2. The van der Waals surface area contributed by atoms with Crippen molar-refractivity contribution in [2.45, 2.75) is 0 Å². The van der Waals surface area contributed by atoms with Crippen LogP contribution in [0.5, 0.6) is 0 Å². The van der Waals surface area contributed by atoms with Gasteiger partial charge in [-0.2, -0.15) is 0 Å². The van der Waals surface area contributed by atoms with Gasteiger partial charge in [-0.05, 0) is 12.1 Å². The minimum absolute atomic E-state index is 0.0663. The Kier molecular flexibility index (Phi) is 2.95. The Morgan fingerprint density at radius 1 is 1.18 bits per heavy atom. The van der Waals surface area contributed by atoms with Gasteiger partial charge in [-0.3, -0.25) is 4.79 Å². The maximum absolute atomic E-state index is 11.5. The third-order valence-electron chi connectivity index (χ3n) is 2.09. The molecule has 0 saturated carbocycles. The minimum atomic E-state index is -1.22. The Balaban J connectivity index is 2.44. The van der Waals surface area contributed by atoms with Crippen LogP contribution >= 0.6 is 23.2 Å². The maximum Gasteiger partial charge on any atom is 0.330 e. The number of hydrogen-bond donors (Lipinski definition) is 3. The van der Waals surface area contributed by atoms with Crippen molar-refractivity contribution in [1.82, 2.24) is 0 Å². The number of carbonyl (C=O) groups is 2. The van der Waals surface area contributed by atoms with Crippen molar-refractivity contribution in [3.63, 3.8) is 0 Å². The number of carboxylic acid groups (broad SMARTS) is 1. The van der Waals surface area contributed by atoms with Gasteiger partial charge in [0.1, 0.15) is 5.70 Å². The van der Waals surface area contributed by atoms with Crippen molar-refractivity contribution in [2.75, 3.05) is 10.6 Å². The predicted molar refractivity (Wildman–Crippen MR) is 64.4 cm³/mol. The summed E-state index contributed by atoms with van der Waals surface area (Å²) < 4.78 is 0. The summed E-state index contributed by atoms with van der Waals surface area (Å²) in [7, 11) is 0. The molecule has 1 aliphatic rings. The lowest BCUT2D eigenvalue weighted by molar-refractivity contribution is -0.131. The van der Waals surface area contributed by atoms with E-state index in [0.29, 0.717) is 21.4 Å². The van der Waals surface area contributed by atoms with Crippen LogP contribution in [0.3, 0.4) is 0 Å². The quantitative estimate of drug-likeness (QED) is 0.686. The first-order chi connectivity index (χ1) is 7.97. The smallest absolute Gasteiger partial charge is 0.330 e. The van der Waals surface area contributed by atoms with Crippen molar-refractivity contribution < 1.29 is 14.7 Å².